The van der Waals surface area contributed by atoms with Crippen molar-refractivity contribution in [3.63, 3.8) is 0 Å². The van der Waals surface area contributed by atoms with Gasteiger partial charge in [-0.25, -0.2) is 0 Å². The molecule has 0 saturated carbocycles. The summed E-state index contributed by atoms with van der Waals surface area (Å²) in [6.45, 7) is 2.64. The number of hydrogen-bond acceptors (Lipinski definition) is 3. The van der Waals surface area contributed by atoms with Gasteiger partial charge in [-0.1, -0.05) is 6.92 Å². The predicted molar refractivity (Wildman–Crippen MR) is 67.6 cm³/mol. The Kier molecular flexibility index (Phi) is 4.91. The van der Waals surface area contributed by atoms with Crippen LogP contribution in [0, 0.1) is 11.3 Å². The number of anilines is 1. The van der Waals surface area contributed by atoms with Crippen LogP contribution in [0.5, 0.6) is 0 Å². The van der Waals surface area contributed by atoms with E-state index in [2.05, 4.69) is 5.32 Å². The Bertz CT molecular complexity index is 452. The van der Waals surface area contributed by atoms with Crippen LogP contribution in [0.4, 0.5) is 18.9 Å². The number of nitrogens with zero attached hydrogens (tertiary/aromatic N) is 1. The molecular weight excluding hydrogens is 261 g/mol. The van der Waals surface area contributed by atoms with Crippen LogP contribution < -0.4 is 5.32 Å². The number of alkyl halides is 3. The Morgan fingerprint density at radius 3 is 2.61 bits per heavy atom. The zero-order chi connectivity index (χ0) is 13.8. The molecule has 0 radical (unpaired) electrons. The van der Waals surface area contributed by atoms with Gasteiger partial charge in [0.2, 0.25) is 0 Å². The van der Waals surface area contributed by atoms with Gasteiger partial charge in [0.05, 0.1) is 17.2 Å². The van der Waals surface area contributed by atoms with E-state index in [0.29, 0.717) is 17.5 Å². The third kappa shape index (κ3) is 3.84. The van der Waals surface area contributed by atoms with E-state index in [1.807, 2.05) is 13.2 Å². The van der Waals surface area contributed by atoms with Gasteiger partial charge in [-0.05, 0) is 24.5 Å². The molecule has 1 aromatic carbocycles. The molecule has 0 amide bonds. The molecule has 1 rings (SSSR count). The maximum absolute atomic E-state index is 12.6. The zero-order valence-corrected chi connectivity index (χ0v) is 10.8. The van der Waals surface area contributed by atoms with Gasteiger partial charge in [-0.15, -0.1) is 0 Å². The first-order valence-corrected chi connectivity index (χ1v) is 6.55. The third-order valence-corrected chi connectivity index (χ3v) is 3.41. The van der Waals surface area contributed by atoms with E-state index in [1.165, 1.54) is 12.1 Å². The summed E-state index contributed by atoms with van der Waals surface area (Å²) in [5.41, 5.74) is -0.724. The van der Waals surface area contributed by atoms with E-state index in [0.717, 1.165) is 6.07 Å². The number of rotatable bonds is 4. The molecule has 1 N–H and O–H groups in total. The average Bonchev–Trinajstić information content (AvgIpc) is 2.34. The molecule has 0 aromatic heterocycles. The topological polar surface area (TPSA) is 35.8 Å². The van der Waals surface area contributed by atoms with Crippen molar-refractivity contribution in [1.82, 2.24) is 0 Å². The van der Waals surface area contributed by atoms with Crippen LogP contribution in [0.2, 0.25) is 0 Å². The SMILES string of the molecule is CSC(C)CNc1ccc(C(F)(F)F)c(C#N)c1. The lowest BCUT2D eigenvalue weighted by molar-refractivity contribution is -0.137. The second-order valence-corrected chi connectivity index (χ2v) is 5.07. The molecule has 0 aliphatic heterocycles. The van der Waals surface area contributed by atoms with E-state index >= 15 is 0 Å². The summed E-state index contributed by atoms with van der Waals surface area (Å²) in [4.78, 5) is 0. The highest BCUT2D eigenvalue weighted by atomic mass is 32.2. The number of benzene rings is 1. The van der Waals surface area contributed by atoms with Gasteiger partial charge >= 0.3 is 6.18 Å². The number of hydrogen-bond donors (Lipinski definition) is 1. The Hall–Kier alpha value is -1.35. The van der Waals surface area contributed by atoms with Crippen molar-refractivity contribution in [2.24, 2.45) is 0 Å². The first-order valence-electron chi connectivity index (χ1n) is 5.26. The fourth-order valence-corrected chi connectivity index (χ4v) is 1.59. The van der Waals surface area contributed by atoms with Gasteiger partial charge in [0.25, 0.3) is 0 Å². The largest absolute Gasteiger partial charge is 0.417 e. The maximum atomic E-state index is 12.6. The molecule has 1 unspecified atom stereocenters. The molecule has 6 heteroatoms. The van der Waals surface area contributed by atoms with Crippen molar-refractivity contribution in [3.8, 4) is 6.07 Å². The second-order valence-electron chi connectivity index (χ2n) is 3.80. The van der Waals surface area contributed by atoms with E-state index in [4.69, 9.17) is 5.26 Å². The van der Waals surface area contributed by atoms with Gasteiger partial charge in [0.15, 0.2) is 0 Å². The third-order valence-electron chi connectivity index (χ3n) is 2.44. The standard InChI is InChI=1S/C12H13F3N2S/c1-8(18-2)7-17-10-3-4-11(12(13,14)15)9(5-10)6-16/h3-5,8,17H,7H2,1-2H3. The first-order chi connectivity index (χ1) is 8.38. The normalized spacial score (nSPS) is 12.9. The molecule has 0 spiro atoms. The van der Waals surface area contributed by atoms with Gasteiger partial charge < -0.3 is 5.32 Å². The van der Waals surface area contributed by atoms with Crippen LogP contribution in [0.1, 0.15) is 18.1 Å². The monoisotopic (exact) mass is 274 g/mol. The summed E-state index contributed by atoms with van der Waals surface area (Å²) in [6.07, 6.45) is -2.53. The van der Waals surface area contributed by atoms with Crippen LogP contribution >= 0.6 is 11.8 Å². The highest BCUT2D eigenvalue weighted by Crippen LogP contribution is 2.33. The molecular formula is C12H13F3N2S. The zero-order valence-electron chi connectivity index (χ0n) is 10.0. The molecule has 0 aliphatic carbocycles. The fourth-order valence-electron chi connectivity index (χ4n) is 1.34. The van der Waals surface area contributed by atoms with Crippen molar-refractivity contribution in [2.45, 2.75) is 18.3 Å². The van der Waals surface area contributed by atoms with Crippen molar-refractivity contribution in [1.29, 1.82) is 5.26 Å². The van der Waals surface area contributed by atoms with E-state index < -0.39 is 11.7 Å². The lowest BCUT2D eigenvalue weighted by Crippen LogP contribution is -2.13. The van der Waals surface area contributed by atoms with E-state index in [9.17, 15) is 13.2 Å². The minimum atomic E-state index is -4.49. The lowest BCUT2D eigenvalue weighted by Gasteiger charge is -2.13. The molecule has 1 atom stereocenters. The van der Waals surface area contributed by atoms with Gasteiger partial charge in [0, 0.05) is 17.5 Å². The summed E-state index contributed by atoms with van der Waals surface area (Å²) >= 11 is 1.65. The average molecular weight is 274 g/mol. The van der Waals surface area contributed by atoms with Crippen molar-refractivity contribution in [3.05, 3.63) is 29.3 Å². The highest BCUT2D eigenvalue weighted by molar-refractivity contribution is 7.99. The Balaban J connectivity index is 2.90. The highest BCUT2D eigenvalue weighted by Gasteiger charge is 2.33. The second kappa shape index (κ2) is 6.01. The van der Waals surface area contributed by atoms with E-state index in [1.54, 1.807) is 17.8 Å². The van der Waals surface area contributed by atoms with Crippen LogP contribution in [0.25, 0.3) is 0 Å². The van der Waals surface area contributed by atoms with Gasteiger partial charge in [-0.3, -0.25) is 0 Å². The summed E-state index contributed by atoms with van der Waals surface area (Å²) in [5.74, 6) is 0. The number of nitriles is 1. The summed E-state index contributed by atoms with van der Waals surface area (Å²) in [6, 6.07) is 5.09. The van der Waals surface area contributed by atoms with Gasteiger partial charge in [-0.2, -0.15) is 30.2 Å². The molecule has 0 saturated heterocycles. The summed E-state index contributed by atoms with van der Waals surface area (Å²) in [5, 5.41) is 12.1. The lowest BCUT2D eigenvalue weighted by atomic mass is 10.1. The minimum absolute atomic E-state index is 0.345. The molecule has 0 bridgehead atoms. The van der Waals surface area contributed by atoms with Crippen molar-refractivity contribution in [2.75, 3.05) is 18.1 Å². The Labute approximate surface area is 108 Å². The Morgan fingerprint density at radius 2 is 2.11 bits per heavy atom. The molecule has 0 fully saturated rings. The molecule has 18 heavy (non-hydrogen) atoms. The molecule has 2 nitrogen and oxygen atoms in total. The van der Waals surface area contributed by atoms with E-state index in [-0.39, 0.29) is 5.56 Å². The summed E-state index contributed by atoms with van der Waals surface area (Å²) in [7, 11) is 0. The predicted octanol–water partition coefficient (Wildman–Crippen LogP) is 3.74. The quantitative estimate of drug-likeness (QED) is 0.908. The fraction of sp³-hybridized carbons (Fsp3) is 0.417. The number of halogens is 3. The van der Waals surface area contributed by atoms with Gasteiger partial charge in [0.1, 0.15) is 0 Å². The van der Waals surface area contributed by atoms with Crippen molar-refractivity contribution < 1.29 is 13.2 Å². The summed E-state index contributed by atoms with van der Waals surface area (Å²) < 4.78 is 37.7. The van der Waals surface area contributed by atoms with Crippen molar-refractivity contribution >= 4 is 17.4 Å². The molecule has 98 valence electrons. The minimum Gasteiger partial charge on any atom is -0.384 e. The van der Waals surface area contributed by atoms with Crippen LogP contribution in [-0.4, -0.2) is 18.1 Å². The number of thioether (sulfide) groups is 1. The Morgan fingerprint density at radius 1 is 1.44 bits per heavy atom. The molecule has 1 aromatic rings. The smallest absolute Gasteiger partial charge is 0.384 e. The van der Waals surface area contributed by atoms with Crippen LogP contribution in [-0.2, 0) is 6.18 Å². The van der Waals surface area contributed by atoms with Crippen LogP contribution in [0.15, 0.2) is 18.2 Å². The molecule has 0 heterocycles. The maximum Gasteiger partial charge on any atom is 0.417 e. The number of nitrogens with one attached hydrogen (secondary N) is 1. The van der Waals surface area contributed by atoms with Crippen LogP contribution in [0.3, 0.4) is 0 Å². The molecule has 0 aliphatic rings. The first kappa shape index (κ1) is 14.7.